The Morgan fingerprint density at radius 2 is 2.00 bits per heavy atom. The summed E-state index contributed by atoms with van der Waals surface area (Å²) >= 11 is 9.21. The number of thioether (sulfide) groups is 2. The quantitative estimate of drug-likeness (QED) is 0.409. The molecule has 0 fully saturated rings. The van der Waals surface area contributed by atoms with E-state index in [0.29, 0.717) is 11.6 Å². The number of hydrogen-bond donors (Lipinski definition) is 2. The molecule has 9 heteroatoms. The van der Waals surface area contributed by atoms with Crippen molar-refractivity contribution < 1.29 is 9.59 Å². The Morgan fingerprint density at radius 1 is 1.24 bits per heavy atom. The second kappa shape index (κ2) is 12.0. The van der Waals surface area contributed by atoms with Crippen LogP contribution in [0.3, 0.4) is 0 Å². The largest absolute Gasteiger partial charge is 0.339 e. The number of halogens is 1. The lowest BCUT2D eigenvalue weighted by Crippen LogP contribution is -2.44. The lowest BCUT2D eigenvalue weighted by molar-refractivity contribution is -0.118. The Balaban J connectivity index is 2.15. The number of aryl methyl sites for hydroxylation is 1. The first-order valence-electron chi connectivity index (χ1n) is 9.27. The van der Waals surface area contributed by atoms with Crippen LogP contribution in [0.2, 0.25) is 5.02 Å². The molecule has 2 rings (SSSR count). The molecule has 0 bridgehead atoms. The van der Waals surface area contributed by atoms with Gasteiger partial charge in [0, 0.05) is 11.4 Å². The lowest BCUT2D eigenvalue weighted by Gasteiger charge is -2.19. The van der Waals surface area contributed by atoms with Gasteiger partial charge in [-0.15, -0.1) is 0 Å². The Bertz CT molecular complexity index is 851. The summed E-state index contributed by atoms with van der Waals surface area (Å²) in [5.74, 6) is 0.813. The average Bonchev–Trinajstić information content (AvgIpc) is 2.71. The molecule has 0 saturated heterocycles. The van der Waals surface area contributed by atoms with Crippen LogP contribution in [-0.2, 0) is 4.79 Å². The Hall–Kier alpha value is -1.77. The number of carbonyl (C=O) groups is 2. The number of carbonyl (C=O) groups excluding carboxylic acids is 2. The SMILES string of the molecule is CCCSc1ncc(Cl)c(C(=O)N[C@@H](CCSC)C(=O)Nc2ccccc2C)n1. The third kappa shape index (κ3) is 7.21. The van der Waals surface area contributed by atoms with Crippen molar-refractivity contribution in [1.29, 1.82) is 0 Å². The summed E-state index contributed by atoms with van der Waals surface area (Å²) in [6.07, 6.45) is 4.83. The highest BCUT2D eigenvalue weighted by molar-refractivity contribution is 7.99. The van der Waals surface area contributed by atoms with Gasteiger partial charge in [0.25, 0.3) is 5.91 Å². The Kier molecular flexibility index (Phi) is 9.76. The van der Waals surface area contributed by atoms with Gasteiger partial charge in [0.2, 0.25) is 5.91 Å². The van der Waals surface area contributed by atoms with Crippen molar-refractivity contribution in [2.45, 2.75) is 37.9 Å². The first kappa shape index (κ1) is 23.5. The van der Waals surface area contributed by atoms with E-state index in [1.165, 1.54) is 18.0 Å². The molecule has 0 unspecified atom stereocenters. The standard InChI is InChI=1S/C20H25ClN4O2S2/c1-4-10-29-20-22-12-14(21)17(25-20)19(27)24-16(9-11-28-3)18(26)23-15-8-6-5-7-13(15)2/h5-8,12,16H,4,9-11H2,1-3H3,(H,23,26)(H,24,27)/t16-/m0/s1. The summed E-state index contributed by atoms with van der Waals surface area (Å²) in [5.41, 5.74) is 1.75. The third-order valence-corrected chi connectivity index (χ3v) is 6.00. The van der Waals surface area contributed by atoms with Gasteiger partial charge in [0.15, 0.2) is 10.9 Å². The van der Waals surface area contributed by atoms with Gasteiger partial charge in [-0.3, -0.25) is 9.59 Å². The zero-order valence-electron chi connectivity index (χ0n) is 16.7. The van der Waals surface area contributed by atoms with Gasteiger partial charge in [-0.05, 0) is 43.4 Å². The highest BCUT2D eigenvalue weighted by Crippen LogP contribution is 2.19. The number of nitrogens with one attached hydrogen (secondary N) is 2. The van der Waals surface area contributed by atoms with Crippen LogP contribution in [-0.4, -0.2) is 45.6 Å². The van der Waals surface area contributed by atoms with Gasteiger partial charge in [-0.2, -0.15) is 11.8 Å². The predicted molar refractivity (Wildman–Crippen MR) is 122 cm³/mol. The maximum absolute atomic E-state index is 12.8. The normalized spacial score (nSPS) is 11.7. The number of nitrogens with zero attached hydrogens (tertiary/aromatic N) is 2. The van der Waals surface area contributed by atoms with Crippen LogP contribution in [0.25, 0.3) is 0 Å². The van der Waals surface area contributed by atoms with E-state index in [1.54, 1.807) is 11.8 Å². The van der Waals surface area contributed by atoms with E-state index >= 15 is 0 Å². The van der Waals surface area contributed by atoms with E-state index in [-0.39, 0.29) is 16.6 Å². The molecular formula is C20H25ClN4O2S2. The first-order chi connectivity index (χ1) is 14.0. The Labute approximate surface area is 185 Å². The molecule has 2 aromatic rings. The second-order valence-corrected chi connectivity index (χ2v) is 8.76. The molecule has 0 radical (unpaired) electrons. The van der Waals surface area contributed by atoms with Gasteiger partial charge in [0.1, 0.15) is 6.04 Å². The maximum Gasteiger partial charge on any atom is 0.272 e. The van der Waals surface area contributed by atoms with E-state index in [1.807, 2.05) is 37.4 Å². The molecule has 0 spiro atoms. The number of anilines is 1. The van der Waals surface area contributed by atoms with E-state index < -0.39 is 11.9 Å². The smallest absolute Gasteiger partial charge is 0.272 e. The summed E-state index contributed by atoms with van der Waals surface area (Å²) in [5, 5.41) is 6.33. The molecule has 0 aliphatic heterocycles. The maximum atomic E-state index is 12.8. The van der Waals surface area contributed by atoms with Gasteiger partial charge in [0.05, 0.1) is 11.2 Å². The molecule has 0 aliphatic carbocycles. The van der Waals surface area contributed by atoms with Crippen molar-refractivity contribution in [1.82, 2.24) is 15.3 Å². The van der Waals surface area contributed by atoms with Crippen LogP contribution in [0, 0.1) is 6.92 Å². The van der Waals surface area contributed by atoms with E-state index in [9.17, 15) is 9.59 Å². The molecule has 2 N–H and O–H groups in total. The van der Waals surface area contributed by atoms with Gasteiger partial charge in [-0.25, -0.2) is 9.97 Å². The summed E-state index contributed by atoms with van der Waals surface area (Å²) in [6, 6.07) is 6.81. The number of para-hydroxylation sites is 1. The van der Waals surface area contributed by atoms with Crippen LogP contribution >= 0.6 is 35.1 Å². The zero-order valence-corrected chi connectivity index (χ0v) is 19.1. The molecule has 0 aliphatic rings. The first-order valence-corrected chi connectivity index (χ1v) is 12.0. The number of aromatic nitrogens is 2. The minimum Gasteiger partial charge on any atom is -0.339 e. The highest BCUT2D eigenvalue weighted by atomic mass is 35.5. The van der Waals surface area contributed by atoms with E-state index in [0.717, 1.165) is 29.2 Å². The Morgan fingerprint density at radius 3 is 2.69 bits per heavy atom. The fraction of sp³-hybridized carbons (Fsp3) is 0.400. The van der Waals surface area contributed by atoms with Gasteiger partial charge < -0.3 is 10.6 Å². The molecule has 1 atom stereocenters. The predicted octanol–water partition coefficient (Wildman–Crippen LogP) is 4.43. The summed E-state index contributed by atoms with van der Waals surface area (Å²) in [4.78, 5) is 34.0. The van der Waals surface area contributed by atoms with Crippen molar-refractivity contribution in [3.05, 3.63) is 46.7 Å². The fourth-order valence-corrected chi connectivity index (χ4v) is 3.76. The summed E-state index contributed by atoms with van der Waals surface area (Å²) < 4.78 is 0. The van der Waals surface area contributed by atoms with Crippen LogP contribution < -0.4 is 10.6 Å². The molecule has 6 nitrogen and oxygen atoms in total. The van der Waals surface area contributed by atoms with Crippen LogP contribution in [0.1, 0.15) is 35.8 Å². The van der Waals surface area contributed by atoms with Gasteiger partial charge in [-0.1, -0.05) is 48.5 Å². The fourth-order valence-electron chi connectivity index (χ4n) is 2.44. The van der Waals surface area contributed by atoms with Crippen LogP contribution in [0.5, 0.6) is 0 Å². The van der Waals surface area contributed by atoms with Crippen molar-refractivity contribution in [3.8, 4) is 0 Å². The van der Waals surface area contributed by atoms with Crippen molar-refractivity contribution in [2.24, 2.45) is 0 Å². The number of amides is 2. The number of rotatable bonds is 10. The molecule has 1 aromatic heterocycles. The van der Waals surface area contributed by atoms with Crippen LogP contribution in [0.4, 0.5) is 5.69 Å². The number of hydrogen-bond acceptors (Lipinski definition) is 6. The molecule has 1 aromatic carbocycles. The second-order valence-electron chi connectivity index (χ2n) is 6.31. The van der Waals surface area contributed by atoms with Crippen molar-refractivity contribution in [3.63, 3.8) is 0 Å². The van der Waals surface area contributed by atoms with Crippen molar-refractivity contribution >= 4 is 52.6 Å². The molecular weight excluding hydrogens is 428 g/mol. The zero-order chi connectivity index (χ0) is 21.2. The minimum atomic E-state index is -0.702. The molecule has 156 valence electrons. The number of benzene rings is 1. The molecule has 0 saturated carbocycles. The molecule has 1 heterocycles. The lowest BCUT2D eigenvalue weighted by atomic mass is 10.1. The van der Waals surface area contributed by atoms with Crippen LogP contribution in [0.15, 0.2) is 35.6 Å². The monoisotopic (exact) mass is 452 g/mol. The summed E-state index contributed by atoms with van der Waals surface area (Å²) in [6.45, 7) is 3.97. The summed E-state index contributed by atoms with van der Waals surface area (Å²) in [7, 11) is 0. The molecule has 2 amide bonds. The van der Waals surface area contributed by atoms with Gasteiger partial charge >= 0.3 is 0 Å². The van der Waals surface area contributed by atoms with E-state index in [2.05, 4.69) is 27.5 Å². The molecule has 29 heavy (non-hydrogen) atoms. The highest BCUT2D eigenvalue weighted by Gasteiger charge is 2.24. The van der Waals surface area contributed by atoms with E-state index in [4.69, 9.17) is 11.6 Å². The third-order valence-electron chi connectivity index (χ3n) is 4.01. The van der Waals surface area contributed by atoms with Crippen molar-refractivity contribution in [2.75, 3.05) is 23.1 Å². The minimum absolute atomic E-state index is 0.0816. The average molecular weight is 453 g/mol. The topological polar surface area (TPSA) is 84.0 Å².